The zero-order chi connectivity index (χ0) is 16.1. The molecule has 0 bridgehead atoms. The summed E-state index contributed by atoms with van der Waals surface area (Å²) in [4.78, 5) is 36.9. The fourth-order valence-corrected chi connectivity index (χ4v) is 3.46. The van der Waals surface area contributed by atoms with E-state index in [9.17, 15) is 14.4 Å². The molecular formula is C16H26N2O4. The lowest BCUT2D eigenvalue weighted by molar-refractivity contribution is -0.140. The average Bonchev–Trinajstić information content (AvgIpc) is 3.01. The predicted molar refractivity (Wildman–Crippen MR) is 81.1 cm³/mol. The molecule has 0 spiro atoms. The summed E-state index contributed by atoms with van der Waals surface area (Å²) < 4.78 is 0. The molecule has 1 aliphatic carbocycles. The highest BCUT2D eigenvalue weighted by molar-refractivity contribution is 5.88. The second-order valence-corrected chi connectivity index (χ2v) is 6.58. The second kappa shape index (κ2) is 7.61. The topological polar surface area (TPSA) is 86.7 Å². The van der Waals surface area contributed by atoms with Crippen LogP contribution < -0.4 is 5.32 Å². The maximum absolute atomic E-state index is 12.4. The van der Waals surface area contributed by atoms with Crippen molar-refractivity contribution >= 4 is 17.8 Å². The normalized spacial score (nSPS) is 21.6. The van der Waals surface area contributed by atoms with Crippen LogP contribution in [-0.2, 0) is 14.4 Å². The molecule has 0 aromatic rings. The van der Waals surface area contributed by atoms with Gasteiger partial charge < -0.3 is 15.3 Å². The quantitative estimate of drug-likeness (QED) is 0.803. The van der Waals surface area contributed by atoms with E-state index < -0.39 is 12.0 Å². The van der Waals surface area contributed by atoms with E-state index in [0.29, 0.717) is 13.1 Å². The summed E-state index contributed by atoms with van der Waals surface area (Å²) in [5, 5.41) is 11.6. The lowest BCUT2D eigenvalue weighted by Gasteiger charge is -2.33. The van der Waals surface area contributed by atoms with Gasteiger partial charge in [-0.25, -0.2) is 0 Å². The predicted octanol–water partition coefficient (Wildman–Crippen LogP) is 1.39. The van der Waals surface area contributed by atoms with Crippen molar-refractivity contribution in [1.29, 1.82) is 0 Å². The summed E-state index contributed by atoms with van der Waals surface area (Å²) in [6.45, 7) is 2.90. The number of piperidine rings is 1. The molecule has 0 aromatic carbocycles. The number of aliphatic carboxylic acids is 1. The van der Waals surface area contributed by atoms with Crippen molar-refractivity contribution in [3.8, 4) is 0 Å². The molecule has 0 aromatic heterocycles. The Hall–Kier alpha value is -1.59. The monoisotopic (exact) mass is 310 g/mol. The van der Waals surface area contributed by atoms with Crippen LogP contribution in [0.2, 0.25) is 0 Å². The summed E-state index contributed by atoms with van der Waals surface area (Å²) in [5.41, 5.74) is 0. The maximum Gasteiger partial charge on any atom is 0.303 e. The van der Waals surface area contributed by atoms with Crippen LogP contribution in [0.15, 0.2) is 0 Å². The number of carbonyl (C=O) groups is 3. The van der Waals surface area contributed by atoms with Crippen LogP contribution in [0.4, 0.5) is 0 Å². The molecule has 2 aliphatic rings. The van der Waals surface area contributed by atoms with E-state index in [-0.39, 0.29) is 30.1 Å². The molecule has 22 heavy (non-hydrogen) atoms. The molecule has 6 heteroatoms. The van der Waals surface area contributed by atoms with Gasteiger partial charge in [0.05, 0.1) is 0 Å². The van der Waals surface area contributed by atoms with E-state index >= 15 is 0 Å². The highest BCUT2D eigenvalue weighted by atomic mass is 16.4. The number of carboxylic acid groups (broad SMARTS) is 1. The van der Waals surface area contributed by atoms with Crippen molar-refractivity contribution in [3.63, 3.8) is 0 Å². The minimum atomic E-state index is -0.776. The van der Waals surface area contributed by atoms with Gasteiger partial charge in [0.15, 0.2) is 0 Å². The molecule has 1 heterocycles. The minimum Gasteiger partial charge on any atom is -0.481 e. The van der Waals surface area contributed by atoms with Gasteiger partial charge in [-0.05, 0) is 38.5 Å². The molecule has 6 nitrogen and oxygen atoms in total. The van der Waals surface area contributed by atoms with Crippen LogP contribution in [0.5, 0.6) is 0 Å². The van der Waals surface area contributed by atoms with Crippen molar-refractivity contribution in [2.75, 3.05) is 13.1 Å². The summed E-state index contributed by atoms with van der Waals surface area (Å²) in [6.07, 6.45) is 5.66. The first-order valence-corrected chi connectivity index (χ1v) is 8.28. The van der Waals surface area contributed by atoms with Crippen LogP contribution in [0.3, 0.4) is 0 Å². The Morgan fingerprint density at radius 1 is 1.14 bits per heavy atom. The Balaban J connectivity index is 1.76. The van der Waals surface area contributed by atoms with Crippen molar-refractivity contribution in [1.82, 2.24) is 10.2 Å². The third-order valence-corrected chi connectivity index (χ3v) is 4.84. The Morgan fingerprint density at radius 3 is 2.27 bits per heavy atom. The average molecular weight is 310 g/mol. The largest absolute Gasteiger partial charge is 0.481 e. The molecule has 2 rings (SSSR count). The Labute approximate surface area is 131 Å². The fourth-order valence-electron chi connectivity index (χ4n) is 3.46. The van der Waals surface area contributed by atoms with Crippen LogP contribution in [0, 0.1) is 11.8 Å². The van der Waals surface area contributed by atoms with Gasteiger partial charge in [0, 0.05) is 25.4 Å². The number of hydrogen-bond donors (Lipinski definition) is 2. The van der Waals surface area contributed by atoms with E-state index in [1.807, 2.05) is 0 Å². The molecule has 1 saturated heterocycles. The Morgan fingerprint density at radius 2 is 1.73 bits per heavy atom. The first-order chi connectivity index (χ1) is 10.5. The van der Waals surface area contributed by atoms with Gasteiger partial charge in [-0.2, -0.15) is 0 Å². The number of carboxylic acids is 1. The zero-order valence-corrected chi connectivity index (χ0v) is 13.2. The molecule has 2 N–H and O–H groups in total. The number of amides is 2. The molecule has 2 fully saturated rings. The van der Waals surface area contributed by atoms with Gasteiger partial charge in [-0.15, -0.1) is 0 Å². The number of carbonyl (C=O) groups excluding carboxylic acids is 2. The van der Waals surface area contributed by atoms with E-state index in [0.717, 1.165) is 38.5 Å². The Kier molecular flexibility index (Phi) is 5.80. The first kappa shape index (κ1) is 16.8. The second-order valence-electron chi connectivity index (χ2n) is 6.58. The summed E-state index contributed by atoms with van der Waals surface area (Å²) in [5.74, 6) is -0.609. The third kappa shape index (κ3) is 4.45. The maximum atomic E-state index is 12.4. The number of rotatable bonds is 5. The summed E-state index contributed by atoms with van der Waals surface area (Å²) >= 11 is 0. The van der Waals surface area contributed by atoms with Gasteiger partial charge in [-0.3, -0.25) is 14.4 Å². The van der Waals surface area contributed by atoms with Crippen molar-refractivity contribution in [3.05, 3.63) is 0 Å². The van der Waals surface area contributed by atoms with Gasteiger partial charge >= 0.3 is 5.97 Å². The molecule has 1 aliphatic heterocycles. The van der Waals surface area contributed by atoms with Gasteiger partial charge in [0.25, 0.3) is 0 Å². The van der Waals surface area contributed by atoms with Crippen LogP contribution in [-0.4, -0.2) is 46.9 Å². The number of nitrogens with one attached hydrogen (secondary N) is 1. The van der Waals surface area contributed by atoms with E-state index in [1.54, 1.807) is 11.8 Å². The van der Waals surface area contributed by atoms with E-state index in [1.165, 1.54) is 0 Å². The molecule has 0 radical (unpaired) electrons. The van der Waals surface area contributed by atoms with Crippen LogP contribution >= 0.6 is 0 Å². The number of likely N-dealkylation sites (tertiary alicyclic amines) is 1. The smallest absolute Gasteiger partial charge is 0.303 e. The lowest BCUT2D eigenvalue weighted by atomic mass is 9.93. The molecule has 124 valence electrons. The standard InChI is InChI=1S/C16H26N2O4/c1-11(17-15(21)13-4-2-3-5-13)16(22)18-8-6-12(7-9-18)10-14(19)20/h11-13H,2-10H2,1H3,(H,17,21)(H,19,20)/t11-/m0/s1. The molecule has 1 atom stereocenters. The summed E-state index contributed by atoms with van der Waals surface area (Å²) in [7, 11) is 0. The van der Waals surface area contributed by atoms with Crippen LogP contribution in [0.1, 0.15) is 51.9 Å². The van der Waals surface area contributed by atoms with Gasteiger partial charge in [0.2, 0.25) is 11.8 Å². The first-order valence-electron chi connectivity index (χ1n) is 8.28. The van der Waals surface area contributed by atoms with Crippen molar-refractivity contribution < 1.29 is 19.5 Å². The van der Waals surface area contributed by atoms with Crippen molar-refractivity contribution in [2.24, 2.45) is 11.8 Å². The van der Waals surface area contributed by atoms with Crippen molar-refractivity contribution in [2.45, 2.75) is 57.9 Å². The highest BCUT2D eigenvalue weighted by Crippen LogP contribution is 2.25. The van der Waals surface area contributed by atoms with Gasteiger partial charge in [0.1, 0.15) is 6.04 Å². The van der Waals surface area contributed by atoms with E-state index in [4.69, 9.17) is 5.11 Å². The Bertz CT molecular complexity index is 424. The van der Waals surface area contributed by atoms with Gasteiger partial charge in [-0.1, -0.05) is 12.8 Å². The lowest BCUT2D eigenvalue weighted by Crippen LogP contribution is -2.50. The summed E-state index contributed by atoms with van der Waals surface area (Å²) in [6, 6.07) is -0.496. The fraction of sp³-hybridized carbons (Fsp3) is 0.812. The zero-order valence-electron chi connectivity index (χ0n) is 13.2. The number of nitrogens with zero attached hydrogens (tertiary/aromatic N) is 1. The number of hydrogen-bond acceptors (Lipinski definition) is 3. The molecule has 0 unspecified atom stereocenters. The molecular weight excluding hydrogens is 284 g/mol. The third-order valence-electron chi connectivity index (χ3n) is 4.84. The highest BCUT2D eigenvalue weighted by Gasteiger charge is 2.30. The SMILES string of the molecule is C[C@H](NC(=O)C1CCCC1)C(=O)N1CCC(CC(=O)O)CC1. The molecule has 2 amide bonds. The minimum absolute atomic E-state index is 0.000821. The van der Waals surface area contributed by atoms with Crippen LogP contribution in [0.25, 0.3) is 0 Å². The molecule has 1 saturated carbocycles. The van der Waals surface area contributed by atoms with E-state index in [2.05, 4.69) is 5.32 Å².